The normalized spacial score (nSPS) is 22.7. The van der Waals surface area contributed by atoms with Crippen LogP contribution >= 0.6 is 0 Å². The van der Waals surface area contributed by atoms with Crippen molar-refractivity contribution in [2.75, 3.05) is 27.4 Å². The van der Waals surface area contributed by atoms with E-state index in [0.717, 1.165) is 35.4 Å². The molecule has 1 fully saturated rings. The van der Waals surface area contributed by atoms with Gasteiger partial charge in [-0.3, -0.25) is 4.79 Å². The van der Waals surface area contributed by atoms with Crippen molar-refractivity contribution in [3.05, 3.63) is 87.8 Å². The molecule has 5 rings (SSSR count). The molecular formula is C31H33NO7. The zero-order valence-electron chi connectivity index (χ0n) is 22.5. The van der Waals surface area contributed by atoms with Crippen LogP contribution in [0.15, 0.2) is 71.1 Å². The highest BCUT2D eigenvalue weighted by Crippen LogP contribution is 2.47. The minimum absolute atomic E-state index is 0.0429. The number of ether oxygens (including phenoxy) is 4. The third-order valence-corrected chi connectivity index (χ3v) is 7.72. The molecule has 2 heterocycles. The van der Waals surface area contributed by atoms with Gasteiger partial charge >= 0.3 is 11.9 Å². The molecule has 1 aliphatic carbocycles. The molecule has 0 aromatic heterocycles. The number of allylic oxidation sites excluding steroid dienone is 3. The summed E-state index contributed by atoms with van der Waals surface area (Å²) in [7, 11) is 2.95. The Morgan fingerprint density at radius 1 is 1.03 bits per heavy atom. The molecule has 3 atom stereocenters. The van der Waals surface area contributed by atoms with Crippen molar-refractivity contribution in [3.63, 3.8) is 0 Å². The average molecular weight is 532 g/mol. The lowest BCUT2D eigenvalue weighted by molar-refractivity contribution is -0.142. The van der Waals surface area contributed by atoms with Gasteiger partial charge in [0.1, 0.15) is 12.4 Å². The minimum atomic E-state index is -0.629. The van der Waals surface area contributed by atoms with Crippen LogP contribution in [-0.2, 0) is 23.8 Å². The van der Waals surface area contributed by atoms with Crippen molar-refractivity contribution in [1.29, 1.82) is 0 Å². The fourth-order valence-corrected chi connectivity index (χ4v) is 5.82. The average Bonchev–Trinajstić information content (AvgIpc) is 3.48. The van der Waals surface area contributed by atoms with Crippen molar-refractivity contribution in [3.8, 4) is 5.75 Å². The topological polar surface area (TPSA) is 100 Å². The van der Waals surface area contributed by atoms with Crippen LogP contribution in [0, 0.1) is 0 Å². The van der Waals surface area contributed by atoms with Crippen LogP contribution in [0.4, 0.5) is 0 Å². The molecule has 0 radical (unpaired) electrons. The van der Waals surface area contributed by atoms with Crippen LogP contribution < -0.4 is 10.1 Å². The number of carbonyl (C=O) groups excluding carboxylic acids is 3. The number of hydrogen-bond acceptors (Lipinski definition) is 8. The van der Waals surface area contributed by atoms with E-state index in [-0.39, 0.29) is 30.8 Å². The summed E-state index contributed by atoms with van der Waals surface area (Å²) in [4.78, 5) is 39.4. The molecule has 8 nitrogen and oxygen atoms in total. The van der Waals surface area contributed by atoms with Gasteiger partial charge in [0, 0.05) is 41.8 Å². The third kappa shape index (κ3) is 5.34. The molecule has 204 valence electrons. The van der Waals surface area contributed by atoms with Crippen molar-refractivity contribution in [1.82, 2.24) is 5.32 Å². The molecule has 0 amide bonds. The van der Waals surface area contributed by atoms with E-state index in [1.54, 1.807) is 31.4 Å². The number of dihydropyridines is 1. The zero-order chi connectivity index (χ0) is 27.5. The zero-order valence-corrected chi connectivity index (χ0v) is 22.5. The Labute approximate surface area is 228 Å². The molecule has 1 saturated heterocycles. The van der Waals surface area contributed by atoms with E-state index in [1.165, 1.54) is 7.11 Å². The van der Waals surface area contributed by atoms with Crippen molar-refractivity contribution in [2.45, 2.75) is 50.5 Å². The number of hydrogen-bond donors (Lipinski definition) is 1. The molecule has 1 N–H and O–H groups in total. The van der Waals surface area contributed by atoms with E-state index in [4.69, 9.17) is 18.9 Å². The summed E-state index contributed by atoms with van der Waals surface area (Å²) in [5, 5.41) is 3.37. The fourth-order valence-electron chi connectivity index (χ4n) is 5.82. The first kappa shape index (κ1) is 26.7. The van der Waals surface area contributed by atoms with Gasteiger partial charge in [0.15, 0.2) is 5.78 Å². The highest BCUT2D eigenvalue weighted by atomic mass is 16.6. The van der Waals surface area contributed by atoms with Crippen molar-refractivity contribution < 1.29 is 33.3 Å². The van der Waals surface area contributed by atoms with Gasteiger partial charge in [0.05, 0.1) is 31.5 Å². The van der Waals surface area contributed by atoms with Crippen LogP contribution in [0.3, 0.4) is 0 Å². The molecule has 2 aromatic carbocycles. The summed E-state index contributed by atoms with van der Waals surface area (Å²) in [5.74, 6) is -0.930. The standard InChI is InChI=1S/C31H33NO7/c1-18-27(31(35)39-17-22-7-6-14-38-22)28(19-10-12-20(13-11-19)30(34)37-3)29-24(32-18)15-21(16-25(29)33)23-8-4-5-9-26(23)36-2/h4-5,8-13,21-22,28,32H,6-7,14-17H2,1-3H3/t21-,22+,28+/m1/s1. The molecule has 39 heavy (non-hydrogen) atoms. The minimum Gasteiger partial charge on any atom is -0.496 e. The number of Topliss-reactive ketones (excluding diaryl/α,β-unsaturated/α-hetero) is 1. The Kier molecular flexibility index (Phi) is 7.84. The number of esters is 2. The van der Waals surface area contributed by atoms with E-state index >= 15 is 0 Å². The Hall–Kier alpha value is -3.91. The second kappa shape index (κ2) is 11.5. The maximum atomic E-state index is 13.9. The van der Waals surface area contributed by atoms with E-state index in [2.05, 4.69) is 5.32 Å². The number of rotatable bonds is 7. The van der Waals surface area contributed by atoms with Gasteiger partial charge in [-0.15, -0.1) is 0 Å². The molecule has 0 spiro atoms. The first-order valence-corrected chi connectivity index (χ1v) is 13.2. The molecule has 3 aliphatic rings. The van der Waals surface area contributed by atoms with Crippen molar-refractivity contribution >= 4 is 17.7 Å². The molecule has 8 heteroatoms. The smallest absolute Gasteiger partial charge is 0.337 e. The molecule has 0 saturated carbocycles. The quantitative estimate of drug-likeness (QED) is 0.519. The summed E-state index contributed by atoms with van der Waals surface area (Å²) in [5.41, 5.74) is 4.47. The van der Waals surface area contributed by atoms with Gasteiger partial charge in [0.25, 0.3) is 0 Å². The Morgan fingerprint density at radius 2 is 1.79 bits per heavy atom. The van der Waals surface area contributed by atoms with Crippen LogP contribution in [0.1, 0.15) is 65.9 Å². The van der Waals surface area contributed by atoms with Crippen molar-refractivity contribution in [2.24, 2.45) is 0 Å². The Balaban J connectivity index is 1.52. The molecular weight excluding hydrogens is 498 g/mol. The number of ketones is 1. The summed E-state index contributed by atoms with van der Waals surface area (Å²) in [6.07, 6.45) is 2.55. The maximum absolute atomic E-state index is 13.9. The number of benzene rings is 2. The summed E-state index contributed by atoms with van der Waals surface area (Å²) < 4.78 is 21.7. The van der Waals surface area contributed by atoms with E-state index in [0.29, 0.717) is 35.4 Å². The summed E-state index contributed by atoms with van der Waals surface area (Å²) >= 11 is 0. The van der Waals surface area contributed by atoms with Gasteiger partial charge in [-0.2, -0.15) is 0 Å². The highest BCUT2D eigenvalue weighted by molar-refractivity contribution is 6.04. The van der Waals surface area contributed by atoms with Crippen LogP contribution in [0.5, 0.6) is 5.75 Å². The Morgan fingerprint density at radius 3 is 2.49 bits per heavy atom. The largest absolute Gasteiger partial charge is 0.496 e. The van der Waals surface area contributed by atoms with Crippen LogP contribution in [0.25, 0.3) is 0 Å². The monoisotopic (exact) mass is 531 g/mol. The predicted molar refractivity (Wildman–Crippen MR) is 143 cm³/mol. The maximum Gasteiger partial charge on any atom is 0.337 e. The second-order valence-corrected chi connectivity index (χ2v) is 10.1. The van der Waals surface area contributed by atoms with Gasteiger partial charge in [-0.05, 0) is 55.5 Å². The molecule has 0 unspecified atom stereocenters. The number of methoxy groups -OCH3 is 2. The van der Waals surface area contributed by atoms with Crippen LogP contribution in [0.2, 0.25) is 0 Å². The number of nitrogens with one attached hydrogen (secondary N) is 1. The highest BCUT2D eigenvalue weighted by Gasteiger charge is 2.42. The Bertz CT molecular complexity index is 1330. The van der Waals surface area contributed by atoms with Gasteiger partial charge in [-0.25, -0.2) is 9.59 Å². The first-order valence-electron chi connectivity index (χ1n) is 13.2. The molecule has 0 bridgehead atoms. The van der Waals surface area contributed by atoms with E-state index in [1.807, 2.05) is 31.2 Å². The number of carbonyl (C=O) groups is 3. The van der Waals surface area contributed by atoms with Gasteiger partial charge < -0.3 is 24.3 Å². The van der Waals surface area contributed by atoms with Gasteiger partial charge in [0.2, 0.25) is 0 Å². The lowest BCUT2D eigenvalue weighted by atomic mass is 9.71. The van der Waals surface area contributed by atoms with Gasteiger partial charge in [-0.1, -0.05) is 30.3 Å². The SMILES string of the molecule is COC(=O)c1ccc([C@H]2C(C(=O)OC[C@@H]3CCCO3)=C(C)NC3=C2C(=O)C[C@H](c2ccccc2OC)C3)cc1. The summed E-state index contributed by atoms with van der Waals surface area (Å²) in [6, 6.07) is 14.6. The third-order valence-electron chi connectivity index (χ3n) is 7.72. The van der Waals surface area contributed by atoms with Crippen LogP contribution in [-0.4, -0.2) is 51.3 Å². The fraction of sp³-hybridized carbons (Fsp3) is 0.387. The van der Waals surface area contributed by atoms with E-state index < -0.39 is 17.9 Å². The first-order chi connectivity index (χ1) is 18.9. The summed E-state index contributed by atoms with van der Waals surface area (Å²) in [6.45, 7) is 2.66. The molecule has 2 aromatic rings. The predicted octanol–water partition coefficient (Wildman–Crippen LogP) is 4.57. The lowest BCUT2D eigenvalue weighted by Gasteiger charge is -2.37. The molecule has 2 aliphatic heterocycles. The number of para-hydroxylation sites is 1. The second-order valence-electron chi connectivity index (χ2n) is 10.1. The van der Waals surface area contributed by atoms with E-state index in [9.17, 15) is 14.4 Å². The lowest BCUT2D eigenvalue weighted by Crippen LogP contribution is -2.36.